The summed E-state index contributed by atoms with van der Waals surface area (Å²) in [5.41, 5.74) is 4.35. The summed E-state index contributed by atoms with van der Waals surface area (Å²) in [6, 6.07) is 12.5. The molecule has 1 aliphatic rings. The fourth-order valence-electron chi connectivity index (χ4n) is 5.42. The van der Waals surface area contributed by atoms with E-state index in [9.17, 15) is 14.4 Å². The Morgan fingerprint density at radius 1 is 1.14 bits per heavy atom. The van der Waals surface area contributed by atoms with Crippen LogP contribution in [0.5, 0.6) is 5.75 Å². The first-order chi connectivity index (χ1) is 17.9. The van der Waals surface area contributed by atoms with Crippen LogP contribution in [0.4, 0.5) is 4.39 Å². The van der Waals surface area contributed by atoms with Gasteiger partial charge in [0.05, 0.1) is 23.1 Å². The standard InChI is InChI=1S/C29H35ClFN3O3/c1-37-23-11-12-27-25(19-23)24(26(30)20-32-27)6-4-13-29(28(35)33-36)14-17-34(18-15-29)16-3-2-5-21-7-9-22(31)10-8-21/h7-12,19-20,36H,2-6,13-18H2,1H3,(H,33,35). The molecule has 1 aliphatic heterocycles. The summed E-state index contributed by atoms with van der Waals surface area (Å²) in [5, 5.41) is 11.1. The van der Waals surface area contributed by atoms with Crippen LogP contribution in [0.1, 0.15) is 49.7 Å². The molecule has 2 N–H and O–H groups in total. The Hall–Kier alpha value is -2.74. The number of carbonyl (C=O) groups excluding carboxylic acids is 1. The molecular weight excluding hydrogens is 493 g/mol. The van der Waals surface area contributed by atoms with Gasteiger partial charge in [-0.15, -0.1) is 0 Å². The first-order valence-corrected chi connectivity index (χ1v) is 13.3. The molecule has 0 atom stereocenters. The van der Waals surface area contributed by atoms with Gasteiger partial charge in [0.25, 0.3) is 0 Å². The molecule has 6 nitrogen and oxygen atoms in total. The molecule has 4 rings (SSSR count). The van der Waals surface area contributed by atoms with Gasteiger partial charge in [0.2, 0.25) is 5.91 Å². The van der Waals surface area contributed by atoms with Crippen molar-refractivity contribution in [3.05, 3.63) is 70.6 Å². The second-order valence-electron chi connectivity index (χ2n) is 9.97. The van der Waals surface area contributed by atoms with Crippen LogP contribution < -0.4 is 10.2 Å². The third kappa shape index (κ3) is 6.78. The number of nitrogens with one attached hydrogen (secondary N) is 1. The van der Waals surface area contributed by atoms with E-state index in [4.69, 9.17) is 16.3 Å². The van der Waals surface area contributed by atoms with Crippen LogP contribution in [0, 0.1) is 11.2 Å². The van der Waals surface area contributed by atoms with Gasteiger partial charge in [-0.3, -0.25) is 15.0 Å². The van der Waals surface area contributed by atoms with Crippen molar-refractivity contribution in [2.45, 2.75) is 51.4 Å². The van der Waals surface area contributed by atoms with Crippen LogP contribution in [0.2, 0.25) is 5.02 Å². The van der Waals surface area contributed by atoms with E-state index in [-0.39, 0.29) is 11.7 Å². The van der Waals surface area contributed by atoms with E-state index >= 15 is 0 Å². The van der Waals surface area contributed by atoms with Gasteiger partial charge in [0, 0.05) is 11.6 Å². The van der Waals surface area contributed by atoms with Crippen molar-refractivity contribution in [1.29, 1.82) is 0 Å². The van der Waals surface area contributed by atoms with Crippen LogP contribution in [-0.2, 0) is 17.6 Å². The van der Waals surface area contributed by atoms with Crippen molar-refractivity contribution < 1.29 is 19.1 Å². The Kier molecular flexibility index (Phi) is 9.35. The molecule has 37 heavy (non-hydrogen) atoms. The third-order valence-corrected chi connectivity index (χ3v) is 8.04. The number of fused-ring (bicyclic) bond motifs is 1. The molecule has 3 aromatic rings. The van der Waals surface area contributed by atoms with E-state index < -0.39 is 5.41 Å². The molecule has 1 amide bonds. The number of hydrogen-bond acceptors (Lipinski definition) is 5. The number of hydroxylamine groups is 1. The highest BCUT2D eigenvalue weighted by Gasteiger charge is 2.40. The van der Waals surface area contributed by atoms with E-state index in [1.54, 1.807) is 13.3 Å². The number of pyridine rings is 1. The van der Waals surface area contributed by atoms with Crippen molar-refractivity contribution in [2.75, 3.05) is 26.7 Å². The number of amides is 1. The fourth-order valence-corrected chi connectivity index (χ4v) is 5.66. The monoisotopic (exact) mass is 527 g/mol. The van der Waals surface area contributed by atoms with Crippen molar-refractivity contribution >= 4 is 28.4 Å². The number of aryl methyl sites for hydroxylation is 2. The number of hydrogen-bond donors (Lipinski definition) is 2. The van der Waals surface area contributed by atoms with Crippen LogP contribution in [0.15, 0.2) is 48.7 Å². The largest absolute Gasteiger partial charge is 0.497 e. The molecule has 198 valence electrons. The number of nitrogens with zero attached hydrogens (tertiary/aromatic N) is 2. The van der Waals surface area contributed by atoms with E-state index in [1.165, 1.54) is 12.1 Å². The molecule has 0 aliphatic carbocycles. The second kappa shape index (κ2) is 12.7. The summed E-state index contributed by atoms with van der Waals surface area (Å²) < 4.78 is 18.5. The normalized spacial score (nSPS) is 15.6. The molecule has 0 radical (unpaired) electrons. The summed E-state index contributed by atoms with van der Waals surface area (Å²) >= 11 is 6.52. The minimum atomic E-state index is -0.591. The number of halogens is 2. The zero-order chi connectivity index (χ0) is 26.3. The third-order valence-electron chi connectivity index (χ3n) is 7.72. The van der Waals surface area contributed by atoms with Gasteiger partial charge in [0.1, 0.15) is 11.6 Å². The highest BCUT2D eigenvalue weighted by Crippen LogP contribution is 2.38. The lowest BCUT2D eigenvalue weighted by molar-refractivity contribution is -0.143. The number of piperidine rings is 1. The number of carbonyl (C=O) groups is 1. The summed E-state index contributed by atoms with van der Waals surface area (Å²) in [6.45, 7) is 2.61. The van der Waals surface area contributed by atoms with E-state index in [1.807, 2.05) is 35.8 Å². The number of ether oxygens (including phenoxy) is 1. The lowest BCUT2D eigenvalue weighted by Crippen LogP contribution is -2.48. The number of methoxy groups -OCH3 is 1. The molecular formula is C29H35ClFN3O3. The van der Waals surface area contributed by atoms with Gasteiger partial charge in [-0.1, -0.05) is 23.7 Å². The summed E-state index contributed by atoms with van der Waals surface area (Å²) in [7, 11) is 1.63. The number of unbranched alkanes of at least 4 members (excludes halogenated alkanes) is 1. The molecule has 2 aromatic carbocycles. The average molecular weight is 528 g/mol. The van der Waals surface area contributed by atoms with Crippen LogP contribution in [0.3, 0.4) is 0 Å². The zero-order valence-corrected chi connectivity index (χ0v) is 22.1. The summed E-state index contributed by atoms with van der Waals surface area (Å²) in [5.74, 6) is 0.250. The average Bonchev–Trinajstić information content (AvgIpc) is 2.93. The van der Waals surface area contributed by atoms with Crippen molar-refractivity contribution in [2.24, 2.45) is 5.41 Å². The molecule has 8 heteroatoms. The molecule has 2 heterocycles. The molecule has 1 fully saturated rings. The molecule has 1 saturated heterocycles. The summed E-state index contributed by atoms with van der Waals surface area (Å²) in [6.07, 6.45) is 8.25. The lowest BCUT2D eigenvalue weighted by Gasteiger charge is -2.40. The SMILES string of the molecule is COc1ccc2ncc(Cl)c(CCCC3(C(=O)NO)CCN(CCCCc4ccc(F)cc4)CC3)c2c1. The van der Waals surface area contributed by atoms with Gasteiger partial charge in [0.15, 0.2) is 0 Å². The van der Waals surface area contributed by atoms with E-state index in [2.05, 4.69) is 9.88 Å². The number of benzene rings is 2. The Morgan fingerprint density at radius 3 is 2.59 bits per heavy atom. The minimum Gasteiger partial charge on any atom is -0.497 e. The Bertz CT molecular complexity index is 1200. The van der Waals surface area contributed by atoms with Gasteiger partial charge in [-0.2, -0.15) is 0 Å². The maximum absolute atomic E-state index is 13.1. The quantitative estimate of drug-likeness (QED) is 0.182. The molecule has 1 aromatic heterocycles. The second-order valence-corrected chi connectivity index (χ2v) is 10.4. The highest BCUT2D eigenvalue weighted by atomic mass is 35.5. The highest BCUT2D eigenvalue weighted by molar-refractivity contribution is 6.32. The maximum atomic E-state index is 13.1. The first kappa shape index (κ1) is 27.3. The number of likely N-dealkylation sites (tertiary alicyclic amines) is 1. The predicted molar refractivity (Wildman–Crippen MR) is 144 cm³/mol. The van der Waals surface area contributed by atoms with Gasteiger partial charge in [-0.25, -0.2) is 9.87 Å². The fraction of sp³-hybridized carbons (Fsp3) is 0.448. The van der Waals surface area contributed by atoms with Crippen molar-refractivity contribution in [3.63, 3.8) is 0 Å². The molecule has 0 spiro atoms. The smallest absolute Gasteiger partial charge is 0.249 e. The predicted octanol–water partition coefficient (Wildman–Crippen LogP) is 5.97. The van der Waals surface area contributed by atoms with Crippen LogP contribution in [0.25, 0.3) is 10.9 Å². The van der Waals surface area contributed by atoms with Crippen LogP contribution in [-0.4, -0.2) is 47.7 Å². The van der Waals surface area contributed by atoms with E-state index in [0.29, 0.717) is 30.7 Å². The number of rotatable bonds is 11. The lowest BCUT2D eigenvalue weighted by atomic mass is 9.73. The van der Waals surface area contributed by atoms with Gasteiger partial charge < -0.3 is 9.64 Å². The zero-order valence-electron chi connectivity index (χ0n) is 21.3. The summed E-state index contributed by atoms with van der Waals surface area (Å²) in [4.78, 5) is 19.6. The number of aromatic nitrogens is 1. The molecule has 0 unspecified atom stereocenters. The molecule has 0 saturated carbocycles. The van der Waals surface area contributed by atoms with Gasteiger partial charge in [-0.05, 0) is 112 Å². The van der Waals surface area contributed by atoms with Crippen molar-refractivity contribution in [1.82, 2.24) is 15.4 Å². The van der Waals surface area contributed by atoms with Crippen molar-refractivity contribution in [3.8, 4) is 5.75 Å². The van der Waals surface area contributed by atoms with Gasteiger partial charge >= 0.3 is 0 Å². The Labute approximate surface area is 222 Å². The van der Waals surface area contributed by atoms with E-state index in [0.717, 1.165) is 73.1 Å². The topological polar surface area (TPSA) is 74.7 Å². The first-order valence-electron chi connectivity index (χ1n) is 13.0. The Balaban J connectivity index is 1.31. The van der Waals surface area contributed by atoms with Crippen LogP contribution >= 0.6 is 11.6 Å². The molecule has 0 bridgehead atoms. The Morgan fingerprint density at radius 2 is 1.89 bits per heavy atom. The minimum absolute atomic E-state index is 0.204. The maximum Gasteiger partial charge on any atom is 0.249 e.